The lowest BCUT2D eigenvalue weighted by Gasteiger charge is -2.33. The van der Waals surface area contributed by atoms with Crippen LogP contribution in [0, 0.1) is 5.92 Å². The molecule has 0 heterocycles. The van der Waals surface area contributed by atoms with E-state index in [0.717, 1.165) is 20.8 Å². The first kappa shape index (κ1) is 21.7. The maximum atomic E-state index is 11.7. The van der Waals surface area contributed by atoms with Gasteiger partial charge >= 0.3 is 17.9 Å². The second-order valence-corrected chi connectivity index (χ2v) is 5.02. The van der Waals surface area contributed by atoms with Crippen molar-refractivity contribution in [2.75, 3.05) is 13.7 Å². The molecule has 4 atom stereocenters. The Morgan fingerprint density at radius 3 is 1.71 bits per heavy atom. The highest BCUT2D eigenvalue weighted by Gasteiger charge is 2.42. The van der Waals surface area contributed by atoms with Gasteiger partial charge in [-0.25, -0.2) is 0 Å². The Labute approximate surface area is 139 Å². The van der Waals surface area contributed by atoms with Crippen molar-refractivity contribution in [2.24, 2.45) is 5.92 Å². The van der Waals surface area contributed by atoms with E-state index in [4.69, 9.17) is 18.9 Å². The van der Waals surface area contributed by atoms with E-state index in [1.165, 1.54) is 14.0 Å². The molecular formula is C15H22O9. The molecule has 0 radical (unpaired) electrons. The van der Waals surface area contributed by atoms with E-state index < -0.39 is 54.5 Å². The van der Waals surface area contributed by atoms with Crippen molar-refractivity contribution in [1.29, 1.82) is 0 Å². The predicted octanol–water partition coefficient (Wildman–Crippen LogP) is -0.168. The van der Waals surface area contributed by atoms with Crippen LogP contribution in [0.3, 0.4) is 0 Å². The van der Waals surface area contributed by atoms with Crippen LogP contribution in [-0.2, 0) is 42.9 Å². The smallest absolute Gasteiger partial charge is 0.303 e. The molecule has 136 valence electrons. The van der Waals surface area contributed by atoms with Gasteiger partial charge in [0.25, 0.3) is 0 Å². The van der Waals surface area contributed by atoms with Gasteiger partial charge in [0.15, 0.2) is 24.1 Å². The normalized spacial score (nSPS) is 15.4. The van der Waals surface area contributed by atoms with Gasteiger partial charge in [-0.1, -0.05) is 0 Å². The van der Waals surface area contributed by atoms with Crippen LogP contribution < -0.4 is 0 Å². The minimum atomic E-state index is -1.38. The zero-order valence-electron chi connectivity index (χ0n) is 14.3. The van der Waals surface area contributed by atoms with Crippen molar-refractivity contribution in [1.82, 2.24) is 0 Å². The largest absolute Gasteiger partial charge is 0.465 e. The van der Waals surface area contributed by atoms with Crippen LogP contribution >= 0.6 is 0 Å². The van der Waals surface area contributed by atoms with Crippen LogP contribution in [0.5, 0.6) is 0 Å². The van der Waals surface area contributed by atoms with E-state index in [2.05, 4.69) is 0 Å². The van der Waals surface area contributed by atoms with Gasteiger partial charge in [0, 0.05) is 27.9 Å². The number of aldehydes is 1. The Bertz CT molecular complexity index is 485. The third-order valence-corrected chi connectivity index (χ3v) is 2.96. The summed E-state index contributed by atoms with van der Waals surface area (Å²) in [6.45, 7) is 4.09. The predicted molar refractivity (Wildman–Crippen MR) is 78.8 cm³/mol. The van der Waals surface area contributed by atoms with Gasteiger partial charge in [-0.3, -0.25) is 19.2 Å². The van der Waals surface area contributed by atoms with Crippen LogP contribution in [0.25, 0.3) is 0 Å². The van der Waals surface area contributed by atoms with Crippen molar-refractivity contribution in [3.63, 3.8) is 0 Å². The fourth-order valence-corrected chi connectivity index (χ4v) is 2.04. The summed E-state index contributed by atoms with van der Waals surface area (Å²) in [7, 11) is 1.20. The average molecular weight is 346 g/mol. The number of methoxy groups -OCH3 is 1. The first-order chi connectivity index (χ1) is 11.1. The van der Waals surface area contributed by atoms with Crippen LogP contribution in [0.15, 0.2) is 0 Å². The third kappa shape index (κ3) is 7.32. The summed E-state index contributed by atoms with van der Waals surface area (Å²) < 4.78 is 19.9. The molecule has 0 aliphatic rings. The Balaban J connectivity index is 5.73. The molecule has 0 fully saturated rings. The summed E-state index contributed by atoms with van der Waals surface area (Å²) in [6.07, 6.45) is -3.62. The number of hydrogen-bond donors (Lipinski definition) is 0. The van der Waals surface area contributed by atoms with Crippen molar-refractivity contribution in [3.8, 4) is 0 Å². The molecule has 4 unspecified atom stereocenters. The molecule has 9 heteroatoms. The number of esters is 3. The zero-order chi connectivity index (χ0) is 18.9. The van der Waals surface area contributed by atoms with Gasteiger partial charge in [-0.15, -0.1) is 0 Å². The van der Waals surface area contributed by atoms with E-state index in [9.17, 15) is 24.0 Å². The van der Waals surface area contributed by atoms with Crippen LogP contribution in [0.2, 0.25) is 0 Å². The molecule has 0 saturated heterocycles. The number of carbonyl (C=O) groups excluding carboxylic acids is 5. The van der Waals surface area contributed by atoms with E-state index in [0.29, 0.717) is 6.29 Å². The zero-order valence-corrected chi connectivity index (χ0v) is 14.3. The molecule has 0 N–H and O–H groups in total. The highest BCUT2D eigenvalue weighted by Crippen LogP contribution is 2.20. The highest BCUT2D eigenvalue weighted by molar-refractivity contribution is 5.82. The van der Waals surface area contributed by atoms with Gasteiger partial charge in [-0.05, 0) is 6.92 Å². The summed E-state index contributed by atoms with van der Waals surface area (Å²) in [4.78, 5) is 56.8. The molecule has 0 aliphatic carbocycles. The number of ether oxygens (including phenoxy) is 4. The Morgan fingerprint density at radius 2 is 1.38 bits per heavy atom. The Kier molecular flexibility index (Phi) is 9.48. The summed E-state index contributed by atoms with van der Waals surface area (Å²) >= 11 is 0. The highest BCUT2D eigenvalue weighted by atomic mass is 16.6. The van der Waals surface area contributed by atoms with Crippen LogP contribution in [0.4, 0.5) is 0 Å². The van der Waals surface area contributed by atoms with Crippen LogP contribution in [-0.4, -0.2) is 62.0 Å². The van der Waals surface area contributed by atoms with Gasteiger partial charge < -0.3 is 23.7 Å². The maximum absolute atomic E-state index is 11.7. The topological polar surface area (TPSA) is 122 Å². The quantitative estimate of drug-likeness (QED) is 0.301. The monoisotopic (exact) mass is 346 g/mol. The van der Waals surface area contributed by atoms with E-state index in [-0.39, 0.29) is 0 Å². The number of carbonyl (C=O) groups is 5. The Morgan fingerprint density at radius 1 is 0.875 bits per heavy atom. The second-order valence-electron chi connectivity index (χ2n) is 5.02. The van der Waals surface area contributed by atoms with Gasteiger partial charge in [0.05, 0.1) is 5.92 Å². The molecule has 9 nitrogen and oxygen atoms in total. The average Bonchev–Trinajstić information content (AvgIpc) is 2.44. The lowest BCUT2D eigenvalue weighted by molar-refractivity contribution is -0.186. The molecule has 0 rings (SSSR count). The number of Topliss-reactive ketones (excluding diaryl/α,β-unsaturated/α-hetero) is 1. The second kappa shape index (κ2) is 10.5. The van der Waals surface area contributed by atoms with E-state index in [1.54, 1.807) is 0 Å². The first-order valence-electron chi connectivity index (χ1n) is 7.10. The summed E-state index contributed by atoms with van der Waals surface area (Å²) in [5, 5.41) is 0. The summed E-state index contributed by atoms with van der Waals surface area (Å²) in [6, 6.07) is 0. The lowest BCUT2D eigenvalue weighted by Crippen LogP contribution is -2.51. The van der Waals surface area contributed by atoms with Crippen molar-refractivity contribution in [2.45, 2.75) is 46.0 Å². The standard InChI is InChI=1S/C15H22O9/c1-8(17)13(21-5)15(24-11(4)20)14(23-10(3)19)12(6-16)7-22-9(2)18/h6,12-15H,7H2,1-5H3. The van der Waals surface area contributed by atoms with E-state index in [1.807, 2.05) is 0 Å². The summed E-state index contributed by atoms with van der Waals surface area (Å²) in [5.74, 6) is -3.85. The number of hydrogen-bond acceptors (Lipinski definition) is 9. The Hall–Kier alpha value is -2.29. The van der Waals surface area contributed by atoms with Crippen molar-refractivity contribution < 1.29 is 42.9 Å². The molecule has 0 saturated carbocycles. The minimum Gasteiger partial charge on any atom is -0.465 e. The van der Waals surface area contributed by atoms with E-state index >= 15 is 0 Å². The van der Waals surface area contributed by atoms with Gasteiger partial charge in [0.1, 0.15) is 12.9 Å². The minimum absolute atomic E-state index is 0.389. The SMILES string of the molecule is COC(C(C)=O)C(OC(C)=O)C(OC(C)=O)C(C=O)COC(C)=O. The van der Waals surface area contributed by atoms with Crippen molar-refractivity contribution >= 4 is 30.0 Å². The fraction of sp³-hybridized carbons (Fsp3) is 0.667. The molecule has 0 aromatic carbocycles. The first-order valence-corrected chi connectivity index (χ1v) is 7.10. The van der Waals surface area contributed by atoms with Gasteiger partial charge in [-0.2, -0.15) is 0 Å². The van der Waals surface area contributed by atoms with Crippen molar-refractivity contribution in [3.05, 3.63) is 0 Å². The molecule has 0 aromatic rings. The molecule has 0 aliphatic heterocycles. The lowest BCUT2D eigenvalue weighted by atomic mass is 9.94. The molecular weight excluding hydrogens is 324 g/mol. The molecule has 0 aromatic heterocycles. The molecule has 0 bridgehead atoms. The number of rotatable bonds is 10. The molecule has 0 amide bonds. The number of ketones is 1. The summed E-state index contributed by atoms with van der Waals surface area (Å²) in [5.41, 5.74) is 0. The maximum Gasteiger partial charge on any atom is 0.303 e. The van der Waals surface area contributed by atoms with Gasteiger partial charge in [0.2, 0.25) is 0 Å². The van der Waals surface area contributed by atoms with Crippen LogP contribution in [0.1, 0.15) is 27.7 Å². The molecule has 24 heavy (non-hydrogen) atoms. The fourth-order valence-electron chi connectivity index (χ4n) is 2.04. The molecule has 0 spiro atoms. The third-order valence-electron chi connectivity index (χ3n) is 2.96.